The number of Topliss-reactive ketones (excluding diaryl/α,β-unsaturated/α-hetero) is 1. The Hall–Kier alpha value is -3.07. The SMILES string of the molecule is CCC(=O)Nc1ccc(C(=O)COC(=O)c2csc(NC(C)=O)n2)cc1. The number of hydrogen-bond acceptors (Lipinski definition) is 7. The van der Waals surface area contributed by atoms with Crippen LogP contribution >= 0.6 is 11.3 Å². The monoisotopic (exact) mass is 375 g/mol. The summed E-state index contributed by atoms with van der Waals surface area (Å²) < 4.78 is 4.95. The Balaban J connectivity index is 1.89. The van der Waals surface area contributed by atoms with Crippen LogP contribution in [0.1, 0.15) is 41.1 Å². The van der Waals surface area contributed by atoms with Crippen LogP contribution in [0.3, 0.4) is 0 Å². The van der Waals surface area contributed by atoms with Gasteiger partial charge in [0.05, 0.1) is 0 Å². The average molecular weight is 375 g/mol. The molecule has 2 aromatic rings. The number of nitrogens with zero attached hydrogens (tertiary/aromatic N) is 1. The largest absolute Gasteiger partial charge is 0.453 e. The van der Waals surface area contributed by atoms with Crippen LogP contribution in [0.15, 0.2) is 29.6 Å². The Morgan fingerprint density at radius 2 is 1.81 bits per heavy atom. The minimum Gasteiger partial charge on any atom is -0.453 e. The first-order valence-electron chi connectivity index (χ1n) is 7.72. The molecule has 0 bridgehead atoms. The summed E-state index contributed by atoms with van der Waals surface area (Å²) in [7, 11) is 0. The number of carbonyl (C=O) groups excluding carboxylic acids is 4. The molecule has 26 heavy (non-hydrogen) atoms. The van der Waals surface area contributed by atoms with Gasteiger partial charge in [-0.2, -0.15) is 0 Å². The van der Waals surface area contributed by atoms with Gasteiger partial charge in [0.2, 0.25) is 11.8 Å². The summed E-state index contributed by atoms with van der Waals surface area (Å²) >= 11 is 1.08. The Bertz CT molecular complexity index is 829. The van der Waals surface area contributed by atoms with Gasteiger partial charge in [0.25, 0.3) is 0 Å². The molecule has 2 N–H and O–H groups in total. The van der Waals surface area contributed by atoms with Crippen molar-refractivity contribution in [2.75, 3.05) is 17.2 Å². The molecule has 0 aliphatic carbocycles. The minimum absolute atomic E-state index is 0.0178. The highest BCUT2D eigenvalue weighted by molar-refractivity contribution is 7.14. The number of benzene rings is 1. The standard InChI is InChI=1S/C17H17N3O5S/c1-3-15(23)19-12-6-4-11(5-7-12)14(22)8-25-16(24)13-9-26-17(20-13)18-10(2)21/h4-7,9H,3,8H2,1-2H3,(H,19,23)(H,18,20,21). The quantitative estimate of drug-likeness (QED) is 0.568. The van der Waals surface area contributed by atoms with Crippen molar-refractivity contribution >= 4 is 45.7 Å². The molecule has 0 atom stereocenters. The van der Waals surface area contributed by atoms with Gasteiger partial charge in [-0.3, -0.25) is 14.4 Å². The van der Waals surface area contributed by atoms with Crippen molar-refractivity contribution < 1.29 is 23.9 Å². The zero-order valence-corrected chi connectivity index (χ0v) is 15.0. The van der Waals surface area contributed by atoms with E-state index >= 15 is 0 Å². The summed E-state index contributed by atoms with van der Waals surface area (Å²) in [5, 5.41) is 6.84. The molecule has 0 saturated heterocycles. The number of thiazole rings is 1. The molecule has 0 aliphatic rings. The number of esters is 1. The summed E-state index contributed by atoms with van der Waals surface area (Å²) in [4.78, 5) is 50.1. The molecule has 9 heteroatoms. The summed E-state index contributed by atoms with van der Waals surface area (Å²) in [6, 6.07) is 6.28. The Morgan fingerprint density at radius 3 is 2.42 bits per heavy atom. The van der Waals surface area contributed by atoms with Crippen LogP contribution in [-0.2, 0) is 14.3 Å². The van der Waals surface area contributed by atoms with Crippen molar-refractivity contribution in [1.82, 2.24) is 4.98 Å². The highest BCUT2D eigenvalue weighted by Crippen LogP contribution is 2.16. The van der Waals surface area contributed by atoms with E-state index in [4.69, 9.17) is 4.74 Å². The topological polar surface area (TPSA) is 114 Å². The highest BCUT2D eigenvalue weighted by atomic mass is 32.1. The van der Waals surface area contributed by atoms with Gasteiger partial charge in [0.1, 0.15) is 0 Å². The van der Waals surface area contributed by atoms with Crippen molar-refractivity contribution in [1.29, 1.82) is 0 Å². The third-order valence-electron chi connectivity index (χ3n) is 3.14. The molecule has 0 spiro atoms. The van der Waals surface area contributed by atoms with Crippen LogP contribution in [-0.4, -0.2) is 35.2 Å². The average Bonchev–Trinajstić information content (AvgIpc) is 3.07. The van der Waals surface area contributed by atoms with Gasteiger partial charge in [-0.15, -0.1) is 11.3 Å². The number of carbonyl (C=O) groups is 4. The fourth-order valence-electron chi connectivity index (χ4n) is 1.85. The number of amides is 2. The van der Waals surface area contributed by atoms with Crippen LogP contribution in [0.5, 0.6) is 0 Å². The minimum atomic E-state index is -0.752. The molecule has 136 valence electrons. The van der Waals surface area contributed by atoms with Gasteiger partial charge >= 0.3 is 5.97 Å². The van der Waals surface area contributed by atoms with E-state index in [9.17, 15) is 19.2 Å². The number of nitrogens with one attached hydrogen (secondary N) is 2. The Labute approximate surface area is 153 Å². The molecule has 1 aromatic heterocycles. The van der Waals surface area contributed by atoms with E-state index < -0.39 is 12.6 Å². The van der Waals surface area contributed by atoms with Gasteiger partial charge in [-0.25, -0.2) is 9.78 Å². The molecule has 2 amide bonds. The molecular formula is C17H17N3O5S. The number of aromatic nitrogens is 1. The van der Waals surface area contributed by atoms with Gasteiger partial charge < -0.3 is 15.4 Å². The summed E-state index contributed by atoms with van der Waals surface area (Å²) in [6.45, 7) is 2.63. The fraction of sp³-hybridized carbons (Fsp3) is 0.235. The molecule has 0 saturated carbocycles. The van der Waals surface area contributed by atoms with Crippen LogP contribution < -0.4 is 10.6 Å². The van der Waals surface area contributed by atoms with E-state index in [1.165, 1.54) is 12.3 Å². The normalized spacial score (nSPS) is 10.1. The lowest BCUT2D eigenvalue weighted by atomic mass is 10.1. The Morgan fingerprint density at radius 1 is 1.12 bits per heavy atom. The van der Waals surface area contributed by atoms with Crippen molar-refractivity contribution in [2.24, 2.45) is 0 Å². The first-order valence-corrected chi connectivity index (χ1v) is 8.60. The van der Waals surface area contributed by atoms with Crippen LogP contribution in [0.2, 0.25) is 0 Å². The summed E-state index contributed by atoms with van der Waals surface area (Å²) in [6.07, 6.45) is 0.358. The first kappa shape index (κ1) is 19.3. The van der Waals surface area contributed by atoms with Crippen LogP contribution in [0, 0.1) is 0 Å². The maximum atomic E-state index is 12.1. The van der Waals surface area contributed by atoms with E-state index in [2.05, 4.69) is 15.6 Å². The number of anilines is 2. The van der Waals surface area contributed by atoms with Crippen LogP contribution in [0.4, 0.5) is 10.8 Å². The number of rotatable bonds is 7. The predicted molar refractivity (Wildman–Crippen MR) is 96.4 cm³/mol. The van der Waals surface area contributed by atoms with Gasteiger partial charge in [0.15, 0.2) is 23.2 Å². The Kier molecular flexibility index (Phi) is 6.56. The highest BCUT2D eigenvalue weighted by Gasteiger charge is 2.15. The summed E-state index contributed by atoms with van der Waals surface area (Å²) in [5.41, 5.74) is 0.951. The molecule has 1 aromatic carbocycles. The first-order chi connectivity index (χ1) is 12.4. The number of ketones is 1. The summed E-state index contributed by atoms with van der Waals surface area (Å²) in [5.74, 6) is -1.56. The van der Waals surface area contributed by atoms with Gasteiger partial charge in [-0.1, -0.05) is 6.92 Å². The molecule has 1 heterocycles. The van der Waals surface area contributed by atoms with E-state index in [0.29, 0.717) is 17.7 Å². The van der Waals surface area contributed by atoms with E-state index in [-0.39, 0.29) is 28.4 Å². The van der Waals surface area contributed by atoms with Crippen molar-refractivity contribution in [2.45, 2.75) is 20.3 Å². The fourth-order valence-corrected chi connectivity index (χ4v) is 2.58. The lowest BCUT2D eigenvalue weighted by molar-refractivity contribution is -0.116. The molecule has 0 aliphatic heterocycles. The maximum absolute atomic E-state index is 12.1. The van der Waals surface area contributed by atoms with Crippen molar-refractivity contribution in [3.05, 3.63) is 40.9 Å². The smallest absolute Gasteiger partial charge is 0.358 e. The van der Waals surface area contributed by atoms with Gasteiger partial charge in [-0.05, 0) is 24.3 Å². The lowest BCUT2D eigenvalue weighted by Gasteiger charge is -2.05. The van der Waals surface area contributed by atoms with E-state index in [1.54, 1.807) is 31.2 Å². The molecule has 8 nitrogen and oxygen atoms in total. The zero-order valence-electron chi connectivity index (χ0n) is 14.2. The molecule has 0 radical (unpaired) electrons. The molecule has 2 rings (SSSR count). The third kappa shape index (κ3) is 5.49. The predicted octanol–water partition coefficient (Wildman–Crippen LogP) is 2.49. The van der Waals surface area contributed by atoms with E-state index in [0.717, 1.165) is 11.3 Å². The molecule has 0 fully saturated rings. The second-order valence-corrected chi connectivity index (χ2v) is 6.06. The maximum Gasteiger partial charge on any atom is 0.358 e. The second kappa shape index (κ2) is 8.86. The third-order valence-corrected chi connectivity index (χ3v) is 3.90. The second-order valence-electron chi connectivity index (χ2n) is 5.20. The molecular weight excluding hydrogens is 358 g/mol. The van der Waals surface area contributed by atoms with Crippen LogP contribution in [0.25, 0.3) is 0 Å². The van der Waals surface area contributed by atoms with Crippen molar-refractivity contribution in [3.8, 4) is 0 Å². The van der Waals surface area contributed by atoms with Gasteiger partial charge in [0, 0.05) is 30.0 Å². The van der Waals surface area contributed by atoms with E-state index in [1.807, 2.05) is 0 Å². The van der Waals surface area contributed by atoms with Crippen molar-refractivity contribution in [3.63, 3.8) is 0 Å². The number of hydrogen-bond donors (Lipinski definition) is 2. The zero-order chi connectivity index (χ0) is 19.1. The number of ether oxygens (including phenoxy) is 1. The molecule has 0 unspecified atom stereocenters. The lowest BCUT2D eigenvalue weighted by Crippen LogP contribution is -2.15.